The fourth-order valence-electron chi connectivity index (χ4n) is 2.91. The molecule has 2 N–H and O–H groups in total. The molecule has 0 spiro atoms. The van der Waals surface area contributed by atoms with Gasteiger partial charge in [-0.3, -0.25) is 0 Å². The Hall–Kier alpha value is -2.86. The van der Waals surface area contributed by atoms with Crippen LogP contribution in [0.1, 0.15) is 19.3 Å². The Morgan fingerprint density at radius 2 is 1.61 bits per heavy atom. The molecule has 0 aliphatic rings. The number of fused-ring (bicyclic) bond motifs is 1. The second kappa shape index (κ2) is 9.90. The molecule has 0 bridgehead atoms. The second-order valence-electron chi connectivity index (χ2n) is 6.38. The highest BCUT2D eigenvalue weighted by molar-refractivity contribution is 7.82. The smallest absolute Gasteiger partial charge is 0.329 e. The maximum atomic E-state index is 11.2. The van der Waals surface area contributed by atoms with Crippen molar-refractivity contribution in [2.75, 3.05) is 17.5 Å². The minimum absolute atomic E-state index is 0.580. The average Bonchev–Trinajstić information content (AvgIpc) is 2.72. The van der Waals surface area contributed by atoms with Crippen molar-refractivity contribution in [3.05, 3.63) is 66.7 Å². The zero-order chi connectivity index (χ0) is 19.8. The Kier molecular flexibility index (Phi) is 7.03. The quantitative estimate of drug-likeness (QED) is 0.386. The van der Waals surface area contributed by atoms with E-state index in [0.717, 1.165) is 34.7 Å². The van der Waals surface area contributed by atoms with Crippen molar-refractivity contribution >= 4 is 35.3 Å². The Balaban J connectivity index is 1.37. The van der Waals surface area contributed by atoms with Crippen LogP contribution in [0.2, 0.25) is 0 Å². The number of thiol groups is 1. The van der Waals surface area contributed by atoms with Crippen molar-refractivity contribution in [3.8, 4) is 11.5 Å². The molecule has 3 aromatic carbocycles. The number of benzene rings is 3. The van der Waals surface area contributed by atoms with Crippen LogP contribution in [0.4, 0.5) is 10.5 Å². The van der Waals surface area contributed by atoms with Crippen LogP contribution in [0.15, 0.2) is 66.7 Å². The van der Waals surface area contributed by atoms with Crippen molar-refractivity contribution in [2.24, 2.45) is 5.73 Å². The third kappa shape index (κ3) is 5.33. The van der Waals surface area contributed by atoms with Crippen LogP contribution in [0.5, 0.6) is 11.5 Å². The van der Waals surface area contributed by atoms with Crippen molar-refractivity contribution in [1.29, 1.82) is 0 Å². The first-order valence-electron chi connectivity index (χ1n) is 9.27. The monoisotopic (exact) mass is 396 g/mol. The van der Waals surface area contributed by atoms with Crippen molar-refractivity contribution in [2.45, 2.75) is 19.3 Å². The molecule has 0 fully saturated rings. The van der Waals surface area contributed by atoms with E-state index in [1.807, 2.05) is 30.3 Å². The Morgan fingerprint density at radius 1 is 0.893 bits per heavy atom. The van der Waals surface area contributed by atoms with E-state index >= 15 is 0 Å². The molecule has 0 unspecified atom stereocenters. The van der Waals surface area contributed by atoms with E-state index in [-0.39, 0.29) is 0 Å². The number of rotatable bonds is 9. The molecule has 0 saturated heterocycles. The summed E-state index contributed by atoms with van der Waals surface area (Å²) in [4.78, 5) is 11.2. The summed E-state index contributed by atoms with van der Waals surface area (Å²) in [6.07, 6.45) is 2.88. The SMILES string of the molecule is NC(=O)N(S)c1cccc(OCCCCCOc2cccc3ccccc23)c1. The Morgan fingerprint density at radius 3 is 2.43 bits per heavy atom. The predicted molar refractivity (Wildman–Crippen MR) is 116 cm³/mol. The number of urea groups is 1. The van der Waals surface area contributed by atoms with Crippen LogP contribution in [0.3, 0.4) is 0 Å². The summed E-state index contributed by atoms with van der Waals surface area (Å²) >= 11 is 4.05. The first-order valence-corrected chi connectivity index (χ1v) is 9.67. The third-order valence-corrected chi connectivity index (χ3v) is 4.76. The molecule has 0 atom stereocenters. The average molecular weight is 397 g/mol. The molecule has 3 aromatic rings. The summed E-state index contributed by atoms with van der Waals surface area (Å²) in [5, 5.41) is 2.33. The Labute approximate surface area is 170 Å². The van der Waals surface area contributed by atoms with Gasteiger partial charge in [-0.2, -0.15) is 0 Å². The minimum Gasteiger partial charge on any atom is -0.494 e. The fourth-order valence-corrected chi connectivity index (χ4v) is 3.03. The zero-order valence-electron chi connectivity index (χ0n) is 15.6. The van der Waals surface area contributed by atoms with E-state index in [0.29, 0.717) is 24.7 Å². The number of nitrogens with two attached hydrogens (primary N) is 1. The van der Waals surface area contributed by atoms with Gasteiger partial charge in [-0.15, -0.1) is 0 Å². The molecule has 6 heteroatoms. The molecule has 0 aliphatic heterocycles. The van der Waals surface area contributed by atoms with E-state index < -0.39 is 6.03 Å². The van der Waals surface area contributed by atoms with Gasteiger partial charge in [0, 0.05) is 11.5 Å². The standard InChI is InChI=1S/C22H24N2O3S/c23-22(25)24(28)18-10-7-11-19(16-18)26-14-4-1-5-15-27-21-13-6-9-17-8-2-3-12-20(17)21/h2-3,6-13,16,28H,1,4-5,14-15H2,(H2,23,25). The van der Waals surface area contributed by atoms with Gasteiger partial charge in [0.25, 0.3) is 0 Å². The van der Waals surface area contributed by atoms with E-state index in [1.54, 1.807) is 18.2 Å². The van der Waals surface area contributed by atoms with Crippen LogP contribution in [-0.4, -0.2) is 19.2 Å². The highest BCUT2D eigenvalue weighted by Gasteiger charge is 2.08. The molecular weight excluding hydrogens is 372 g/mol. The molecule has 0 heterocycles. The highest BCUT2D eigenvalue weighted by atomic mass is 32.1. The summed E-state index contributed by atoms with van der Waals surface area (Å²) in [6, 6.07) is 20.8. The molecule has 28 heavy (non-hydrogen) atoms. The molecule has 0 radical (unpaired) electrons. The van der Waals surface area contributed by atoms with E-state index in [2.05, 4.69) is 31.0 Å². The van der Waals surface area contributed by atoms with Gasteiger partial charge in [-0.1, -0.05) is 55.3 Å². The topological polar surface area (TPSA) is 64.8 Å². The molecule has 146 valence electrons. The third-order valence-electron chi connectivity index (χ3n) is 4.34. The number of hydrogen-bond acceptors (Lipinski definition) is 4. The van der Waals surface area contributed by atoms with Gasteiger partial charge in [-0.05, 0) is 42.8 Å². The molecule has 0 aromatic heterocycles. The molecule has 3 rings (SSSR count). The number of anilines is 1. The lowest BCUT2D eigenvalue weighted by atomic mass is 10.1. The van der Waals surface area contributed by atoms with Crippen LogP contribution in [0, 0.1) is 0 Å². The Bertz CT molecular complexity index is 927. The second-order valence-corrected chi connectivity index (χ2v) is 6.78. The molecule has 0 saturated carbocycles. The maximum Gasteiger partial charge on any atom is 0.329 e. The summed E-state index contributed by atoms with van der Waals surface area (Å²) < 4.78 is 12.8. The largest absolute Gasteiger partial charge is 0.494 e. The lowest BCUT2D eigenvalue weighted by molar-refractivity contribution is 0.257. The van der Waals surface area contributed by atoms with Crippen LogP contribution in [-0.2, 0) is 0 Å². The zero-order valence-corrected chi connectivity index (χ0v) is 16.5. The molecule has 2 amide bonds. The lowest BCUT2D eigenvalue weighted by Gasteiger charge is -2.14. The van der Waals surface area contributed by atoms with Gasteiger partial charge in [0.15, 0.2) is 0 Å². The number of ether oxygens (including phenoxy) is 2. The van der Waals surface area contributed by atoms with Gasteiger partial charge in [0.2, 0.25) is 0 Å². The highest BCUT2D eigenvalue weighted by Crippen LogP contribution is 2.25. The van der Waals surface area contributed by atoms with Gasteiger partial charge in [0.05, 0.1) is 18.9 Å². The normalized spacial score (nSPS) is 10.6. The van der Waals surface area contributed by atoms with Gasteiger partial charge >= 0.3 is 6.03 Å². The maximum absolute atomic E-state index is 11.2. The van der Waals surface area contributed by atoms with E-state index in [1.165, 1.54) is 5.39 Å². The fraction of sp³-hybridized carbons (Fsp3) is 0.227. The minimum atomic E-state index is -0.633. The lowest BCUT2D eigenvalue weighted by Crippen LogP contribution is -2.27. The van der Waals surface area contributed by atoms with Gasteiger partial charge < -0.3 is 15.2 Å². The first-order chi connectivity index (χ1) is 13.6. The molecule has 5 nitrogen and oxygen atoms in total. The number of hydrogen-bond donors (Lipinski definition) is 2. The number of primary amides is 1. The summed E-state index contributed by atoms with van der Waals surface area (Å²) in [7, 11) is 0. The number of amides is 2. The van der Waals surface area contributed by atoms with Crippen molar-refractivity contribution in [3.63, 3.8) is 0 Å². The summed E-state index contributed by atoms with van der Waals surface area (Å²) in [5.74, 6) is 1.61. The number of nitrogens with zero attached hydrogens (tertiary/aromatic N) is 1. The van der Waals surface area contributed by atoms with Crippen LogP contribution in [0.25, 0.3) is 10.8 Å². The number of carbonyl (C=O) groups excluding carboxylic acids is 1. The number of unbranched alkanes of at least 4 members (excludes halogenated alkanes) is 2. The first kappa shape index (κ1) is 19.9. The predicted octanol–water partition coefficient (Wildman–Crippen LogP) is 5.20. The van der Waals surface area contributed by atoms with Crippen LogP contribution < -0.4 is 19.5 Å². The van der Waals surface area contributed by atoms with Gasteiger partial charge in [0.1, 0.15) is 11.5 Å². The summed E-state index contributed by atoms with van der Waals surface area (Å²) in [6.45, 7) is 1.28. The van der Waals surface area contributed by atoms with Crippen molar-refractivity contribution < 1.29 is 14.3 Å². The van der Waals surface area contributed by atoms with Crippen LogP contribution >= 0.6 is 12.8 Å². The van der Waals surface area contributed by atoms with Crippen molar-refractivity contribution in [1.82, 2.24) is 0 Å². The van der Waals surface area contributed by atoms with E-state index in [9.17, 15) is 4.79 Å². The molecular formula is C22H24N2O3S. The van der Waals surface area contributed by atoms with Gasteiger partial charge in [-0.25, -0.2) is 9.10 Å². The molecule has 0 aliphatic carbocycles. The number of carbonyl (C=O) groups is 1. The van der Waals surface area contributed by atoms with E-state index in [4.69, 9.17) is 15.2 Å². The summed E-state index contributed by atoms with van der Waals surface area (Å²) in [5.41, 5.74) is 5.80.